The highest BCUT2D eigenvalue weighted by molar-refractivity contribution is 5.93. The van der Waals surface area contributed by atoms with E-state index in [-0.39, 0.29) is 5.41 Å². The van der Waals surface area contributed by atoms with Crippen LogP contribution in [0.25, 0.3) is 10.9 Å². The van der Waals surface area contributed by atoms with Gasteiger partial charge in [-0.05, 0) is 30.9 Å². The Balaban J connectivity index is 1.90. The van der Waals surface area contributed by atoms with E-state index in [2.05, 4.69) is 28.6 Å². The van der Waals surface area contributed by atoms with E-state index < -0.39 is 0 Å². The molecule has 0 radical (unpaired) electrons. The van der Waals surface area contributed by atoms with Crippen molar-refractivity contribution in [2.24, 2.45) is 5.41 Å². The molecule has 0 bridgehead atoms. The molecule has 2 heterocycles. The molecule has 1 aromatic carbocycles. The molecule has 1 saturated heterocycles. The Bertz CT molecular complexity index is 681. The van der Waals surface area contributed by atoms with Gasteiger partial charge in [0.25, 0.3) is 0 Å². The van der Waals surface area contributed by atoms with Crippen molar-refractivity contribution in [2.45, 2.75) is 19.8 Å². The molecule has 21 heavy (non-hydrogen) atoms. The first kappa shape index (κ1) is 13.8. The Kier molecular flexibility index (Phi) is 3.76. The van der Waals surface area contributed by atoms with Crippen molar-refractivity contribution < 1.29 is 0 Å². The van der Waals surface area contributed by atoms with Crippen molar-refractivity contribution in [3.63, 3.8) is 0 Å². The lowest BCUT2D eigenvalue weighted by atomic mass is 9.82. The van der Waals surface area contributed by atoms with Crippen LogP contribution in [0.4, 0.5) is 5.69 Å². The van der Waals surface area contributed by atoms with Gasteiger partial charge in [0.1, 0.15) is 6.07 Å². The number of anilines is 1. The minimum atomic E-state index is 0.231. The molecule has 4 heteroatoms. The van der Waals surface area contributed by atoms with Crippen molar-refractivity contribution in [3.8, 4) is 6.07 Å². The van der Waals surface area contributed by atoms with Gasteiger partial charge in [0.2, 0.25) is 0 Å². The van der Waals surface area contributed by atoms with E-state index in [9.17, 15) is 5.26 Å². The van der Waals surface area contributed by atoms with Gasteiger partial charge >= 0.3 is 0 Å². The molecule has 4 nitrogen and oxygen atoms in total. The molecule has 2 aromatic rings. The smallest absolute Gasteiger partial charge is 0.103 e. The summed E-state index contributed by atoms with van der Waals surface area (Å²) in [4.78, 5) is 4.35. The van der Waals surface area contributed by atoms with E-state index in [0.29, 0.717) is 5.56 Å². The molecule has 2 N–H and O–H groups in total. The van der Waals surface area contributed by atoms with Crippen LogP contribution < -0.4 is 10.6 Å². The molecule has 0 saturated carbocycles. The molecule has 1 atom stereocenters. The van der Waals surface area contributed by atoms with Gasteiger partial charge in [-0.2, -0.15) is 5.26 Å². The number of rotatable bonds is 3. The van der Waals surface area contributed by atoms with Gasteiger partial charge in [0.05, 0.1) is 16.8 Å². The molecule has 1 aliphatic rings. The molecule has 1 aromatic heterocycles. The molecule has 108 valence electrons. The minimum absolute atomic E-state index is 0.231. The molecule has 1 unspecified atom stereocenters. The van der Waals surface area contributed by atoms with Crippen molar-refractivity contribution in [1.29, 1.82) is 5.26 Å². The monoisotopic (exact) mass is 280 g/mol. The first-order valence-electron chi connectivity index (χ1n) is 7.44. The van der Waals surface area contributed by atoms with Gasteiger partial charge in [-0.25, -0.2) is 0 Å². The van der Waals surface area contributed by atoms with Crippen LogP contribution in [-0.2, 0) is 0 Å². The fraction of sp³-hybridized carbons (Fsp3) is 0.412. The molecule has 1 fully saturated rings. The standard InChI is InChI=1S/C17H20N4/c1-17(7-4-8-19-11-17)12-21-16-13(9-18)10-20-15-6-3-2-5-14(15)16/h2-3,5-6,10,19H,4,7-8,11-12H2,1H3,(H,20,21). The predicted molar refractivity (Wildman–Crippen MR) is 85.2 cm³/mol. The molecule has 3 rings (SSSR count). The van der Waals surface area contributed by atoms with Gasteiger partial charge in [-0.15, -0.1) is 0 Å². The average molecular weight is 280 g/mol. The third kappa shape index (κ3) is 2.84. The predicted octanol–water partition coefficient (Wildman–Crippen LogP) is 2.91. The normalized spacial score (nSPS) is 21.9. The van der Waals surface area contributed by atoms with Gasteiger partial charge in [-0.3, -0.25) is 4.98 Å². The highest BCUT2D eigenvalue weighted by atomic mass is 14.9. The van der Waals surface area contributed by atoms with Crippen LogP contribution >= 0.6 is 0 Å². The Morgan fingerprint density at radius 2 is 2.29 bits per heavy atom. The van der Waals surface area contributed by atoms with Gasteiger partial charge in [0.15, 0.2) is 0 Å². The summed E-state index contributed by atoms with van der Waals surface area (Å²) in [5.74, 6) is 0. The summed E-state index contributed by atoms with van der Waals surface area (Å²) in [7, 11) is 0. The number of piperidine rings is 1. The third-order valence-corrected chi connectivity index (χ3v) is 4.27. The van der Waals surface area contributed by atoms with E-state index in [1.54, 1.807) is 6.20 Å². The summed E-state index contributed by atoms with van der Waals surface area (Å²) in [6, 6.07) is 10.2. The number of hydrogen-bond acceptors (Lipinski definition) is 4. The van der Waals surface area contributed by atoms with Gasteiger partial charge in [-0.1, -0.05) is 25.1 Å². The van der Waals surface area contributed by atoms with Gasteiger partial charge in [0, 0.05) is 24.7 Å². The van der Waals surface area contributed by atoms with Crippen LogP contribution in [0.3, 0.4) is 0 Å². The highest BCUT2D eigenvalue weighted by Gasteiger charge is 2.26. The Morgan fingerprint density at radius 3 is 3.05 bits per heavy atom. The van der Waals surface area contributed by atoms with E-state index in [1.165, 1.54) is 12.8 Å². The fourth-order valence-corrected chi connectivity index (χ4v) is 2.99. The lowest BCUT2D eigenvalue weighted by molar-refractivity contribution is 0.253. The second-order valence-corrected chi connectivity index (χ2v) is 6.12. The lowest BCUT2D eigenvalue weighted by Gasteiger charge is -2.34. The zero-order valence-electron chi connectivity index (χ0n) is 12.3. The number of para-hydroxylation sites is 1. The van der Waals surface area contributed by atoms with Crippen LogP contribution in [0.2, 0.25) is 0 Å². The maximum absolute atomic E-state index is 9.34. The van der Waals surface area contributed by atoms with Crippen molar-refractivity contribution in [3.05, 3.63) is 36.0 Å². The van der Waals surface area contributed by atoms with Gasteiger partial charge < -0.3 is 10.6 Å². The Labute approximate surface area is 125 Å². The maximum atomic E-state index is 9.34. The summed E-state index contributed by atoms with van der Waals surface area (Å²) < 4.78 is 0. The summed E-state index contributed by atoms with van der Waals surface area (Å²) in [6.07, 6.45) is 4.07. The lowest BCUT2D eigenvalue weighted by Crippen LogP contribution is -2.42. The number of fused-ring (bicyclic) bond motifs is 1. The largest absolute Gasteiger partial charge is 0.383 e. The zero-order chi connectivity index (χ0) is 14.7. The molecule has 0 amide bonds. The number of aromatic nitrogens is 1. The maximum Gasteiger partial charge on any atom is 0.103 e. The van der Waals surface area contributed by atoms with Crippen LogP contribution in [0.5, 0.6) is 0 Å². The first-order valence-corrected chi connectivity index (χ1v) is 7.44. The van der Waals surface area contributed by atoms with Crippen LogP contribution in [0.1, 0.15) is 25.3 Å². The number of nitriles is 1. The van der Waals surface area contributed by atoms with E-state index in [4.69, 9.17) is 0 Å². The van der Waals surface area contributed by atoms with Crippen LogP contribution in [0, 0.1) is 16.7 Å². The van der Waals surface area contributed by atoms with E-state index in [1.807, 2.05) is 24.3 Å². The summed E-state index contributed by atoms with van der Waals surface area (Å²) in [5, 5.41) is 17.3. The number of nitrogens with zero attached hydrogens (tertiary/aromatic N) is 2. The van der Waals surface area contributed by atoms with E-state index >= 15 is 0 Å². The Morgan fingerprint density at radius 1 is 1.43 bits per heavy atom. The summed E-state index contributed by atoms with van der Waals surface area (Å²) in [5.41, 5.74) is 2.68. The van der Waals surface area contributed by atoms with Crippen molar-refractivity contribution in [2.75, 3.05) is 25.0 Å². The van der Waals surface area contributed by atoms with E-state index in [0.717, 1.165) is 36.2 Å². The fourth-order valence-electron chi connectivity index (χ4n) is 2.99. The SMILES string of the molecule is CC1(CNc2c(C#N)cnc3ccccc23)CCCNC1. The number of nitrogens with one attached hydrogen (secondary N) is 2. The van der Waals surface area contributed by atoms with Crippen LogP contribution in [-0.4, -0.2) is 24.6 Å². The van der Waals surface area contributed by atoms with Crippen LogP contribution in [0.15, 0.2) is 30.5 Å². The number of benzene rings is 1. The molecule has 0 spiro atoms. The topological polar surface area (TPSA) is 60.7 Å². The summed E-state index contributed by atoms with van der Waals surface area (Å²) >= 11 is 0. The third-order valence-electron chi connectivity index (χ3n) is 4.27. The second-order valence-electron chi connectivity index (χ2n) is 6.12. The summed E-state index contributed by atoms with van der Waals surface area (Å²) in [6.45, 7) is 5.28. The molecular formula is C17H20N4. The zero-order valence-corrected chi connectivity index (χ0v) is 12.3. The number of hydrogen-bond donors (Lipinski definition) is 2. The molecule has 0 aliphatic carbocycles. The number of pyridine rings is 1. The quantitative estimate of drug-likeness (QED) is 0.907. The molecule has 1 aliphatic heterocycles. The average Bonchev–Trinajstić information content (AvgIpc) is 2.53. The Hall–Kier alpha value is -2.12. The van der Waals surface area contributed by atoms with Crippen molar-refractivity contribution >= 4 is 16.6 Å². The minimum Gasteiger partial charge on any atom is -0.383 e. The van der Waals surface area contributed by atoms with Crippen molar-refractivity contribution in [1.82, 2.24) is 10.3 Å². The highest BCUT2D eigenvalue weighted by Crippen LogP contribution is 2.29. The first-order chi connectivity index (χ1) is 10.2. The molecular weight excluding hydrogens is 260 g/mol. The second kappa shape index (κ2) is 5.71.